The molecular weight excluding hydrogens is 274 g/mol. The maximum absolute atomic E-state index is 10.5. The van der Waals surface area contributed by atoms with Gasteiger partial charge in [-0.05, 0) is 44.2 Å². The summed E-state index contributed by atoms with van der Waals surface area (Å²) in [7, 11) is 0. The fourth-order valence-corrected chi connectivity index (χ4v) is 2.49. The van der Waals surface area contributed by atoms with Gasteiger partial charge in [-0.15, -0.1) is 0 Å². The number of halogens is 1. The summed E-state index contributed by atoms with van der Waals surface area (Å²) in [6.45, 7) is 3.80. The average molecular weight is 288 g/mol. The zero-order chi connectivity index (χ0) is 14.3. The Morgan fingerprint density at radius 1 is 1.15 bits per heavy atom. The largest absolute Gasteiger partial charge is 0.458 e. The Labute approximate surface area is 121 Å². The maximum atomic E-state index is 10.5. The van der Waals surface area contributed by atoms with E-state index in [0.29, 0.717) is 16.4 Å². The number of benzene rings is 1. The van der Waals surface area contributed by atoms with Gasteiger partial charge in [-0.3, -0.25) is 4.98 Å². The van der Waals surface area contributed by atoms with Crippen LogP contribution in [0.5, 0.6) is 0 Å². The summed E-state index contributed by atoms with van der Waals surface area (Å²) in [6, 6.07) is 11.0. The van der Waals surface area contributed by atoms with E-state index in [1.54, 1.807) is 12.1 Å². The molecule has 0 bridgehead atoms. The van der Waals surface area contributed by atoms with Gasteiger partial charge in [-0.25, -0.2) is 0 Å². The summed E-state index contributed by atoms with van der Waals surface area (Å²) >= 11 is 5.95. The Kier molecular flexibility index (Phi) is 3.24. The summed E-state index contributed by atoms with van der Waals surface area (Å²) in [5.74, 6) is 0.496. The molecule has 1 atom stereocenters. The molecule has 0 saturated heterocycles. The van der Waals surface area contributed by atoms with E-state index in [-0.39, 0.29) is 0 Å². The van der Waals surface area contributed by atoms with E-state index in [0.717, 1.165) is 22.3 Å². The van der Waals surface area contributed by atoms with Crippen molar-refractivity contribution in [3.05, 3.63) is 64.1 Å². The predicted octanol–water partition coefficient (Wildman–Crippen LogP) is 4.18. The van der Waals surface area contributed by atoms with E-state index in [9.17, 15) is 5.11 Å². The second-order valence-corrected chi connectivity index (χ2v) is 5.30. The van der Waals surface area contributed by atoms with Gasteiger partial charge in [0.1, 0.15) is 17.4 Å². The first kappa shape index (κ1) is 13.2. The van der Waals surface area contributed by atoms with Gasteiger partial charge in [0.15, 0.2) is 0 Å². The van der Waals surface area contributed by atoms with Crippen molar-refractivity contribution in [3.63, 3.8) is 0 Å². The number of aliphatic hydroxyl groups excluding tert-OH is 1. The minimum Gasteiger partial charge on any atom is -0.458 e. The first-order chi connectivity index (χ1) is 9.54. The van der Waals surface area contributed by atoms with Crippen LogP contribution in [0, 0.1) is 13.8 Å². The summed E-state index contributed by atoms with van der Waals surface area (Å²) in [4.78, 5) is 4.37. The van der Waals surface area contributed by atoms with Crippen LogP contribution in [0.25, 0.3) is 11.0 Å². The highest BCUT2D eigenvalue weighted by atomic mass is 35.5. The molecule has 20 heavy (non-hydrogen) atoms. The van der Waals surface area contributed by atoms with Crippen LogP contribution in [-0.4, -0.2) is 10.1 Å². The Balaban J connectivity index is 2.05. The second-order valence-electron chi connectivity index (χ2n) is 4.86. The normalized spacial score (nSPS) is 12.8. The van der Waals surface area contributed by atoms with Crippen LogP contribution in [0.2, 0.25) is 5.02 Å². The number of aliphatic hydroxyl groups is 1. The van der Waals surface area contributed by atoms with Gasteiger partial charge in [-0.2, -0.15) is 0 Å². The molecule has 3 aromatic rings. The number of rotatable bonds is 2. The lowest BCUT2D eigenvalue weighted by atomic mass is 10.1. The molecule has 1 unspecified atom stereocenters. The molecule has 4 heteroatoms. The van der Waals surface area contributed by atoms with Crippen molar-refractivity contribution < 1.29 is 9.52 Å². The molecule has 0 fully saturated rings. The molecule has 0 aliphatic rings. The monoisotopic (exact) mass is 287 g/mol. The molecule has 3 nitrogen and oxygen atoms in total. The van der Waals surface area contributed by atoms with Crippen LogP contribution in [0.3, 0.4) is 0 Å². The number of furan rings is 1. The van der Waals surface area contributed by atoms with Crippen LogP contribution in [0.15, 0.2) is 40.8 Å². The standard InChI is InChI=1S/C16H14ClNO2/c1-9-3-5-13(10(2)18-9)16(19)15-8-11-7-12(17)4-6-14(11)20-15/h3-8,16,19H,1-2H3. The van der Waals surface area contributed by atoms with E-state index >= 15 is 0 Å². The predicted molar refractivity (Wildman–Crippen MR) is 79.0 cm³/mol. The highest BCUT2D eigenvalue weighted by Crippen LogP contribution is 2.30. The van der Waals surface area contributed by atoms with Crippen molar-refractivity contribution in [1.29, 1.82) is 0 Å². The third kappa shape index (κ3) is 2.30. The van der Waals surface area contributed by atoms with Gasteiger partial charge >= 0.3 is 0 Å². The minimum absolute atomic E-state index is 0.496. The molecule has 0 aliphatic heterocycles. The molecule has 1 N–H and O–H groups in total. The van der Waals surface area contributed by atoms with Crippen LogP contribution in [0.4, 0.5) is 0 Å². The zero-order valence-electron chi connectivity index (χ0n) is 11.2. The number of fused-ring (bicyclic) bond motifs is 1. The topological polar surface area (TPSA) is 46.3 Å². The fraction of sp³-hybridized carbons (Fsp3) is 0.188. The smallest absolute Gasteiger partial charge is 0.138 e. The fourth-order valence-electron chi connectivity index (χ4n) is 2.31. The van der Waals surface area contributed by atoms with E-state index in [1.165, 1.54) is 0 Å². The zero-order valence-corrected chi connectivity index (χ0v) is 12.0. The van der Waals surface area contributed by atoms with Gasteiger partial charge in [-0.1, -0.05) is 17.7 Å². The molecule has 3 rings (SSSR count). The number of nitrogens with zero attached hydrogens (tertiary/aromatic N) is 1. The molecule has 1 aromatic carbocycles. The minimum atomic E-state index is -0.825. The maximum Gasteiger partial charge on any atom is 0.138 e. The molecule has 0 amide bonds. The Bertz CT molecular complexity index is 779. The van der Waals surface area contributed by atoms with Gasteiger partial charge in [0.25, 0.3) is 0 Å². The Morgan fingerprint density at radius 2 is 1.95 bits per heavy atom. The van der Waals surface area contributed by atoms with Crippen molar-refractivity contribution in [2.45, 2.75) is 20.0 Å². The molecule has 0 spiro atoms. The van der Waals surface area contributed by atoms with Crippen molar-refractivity contribution in [1.82, 2.24) is 4.98 Å². The lowest BCUT2D eigenvalue weighted by Gasteiger charge is -2.11. The van der Waals surface area contributed by atoms with E-state index in [4.69, 9.17) is 16.0 Å². The molecule has 0 aliphatic carbocycles. The summed E-state index contributed by atoms with van der Waals surface area (Å²) in [6.07, 6.45) is -0.825. The van der Waals surface area contributed by atoms with Gasteiger partial charge in [0, 0.05) is 27.4 Å². The number of hydrogen-bond acceptors (Lipinski definition) is 3. The van der Waals surface area contributed by atoms with Crippen LogP contribution in [-0.2, 0) is 0 Å². The lowest BCUT2D eigenvalue weighted by Crippen LogP contribution is -2.03. The number of hydrogen-bond donors (Lipinski definition) is 1. The Hall–Kier alpha value is -1.84. The SMILES string of the molecule is Cc1ccc(C(O)c2cc3cc(Cl)ccc3o2)c(C)n1. The van der Waals surface area contributed by atoms with Gasteiger partial charge in [0.05, 0.1) is 0 Å². The van der Waals surface area contributed by atoms with E-state index in [2.05, 4.69) is 4.98 Å². The molecule has 0 radical (unpaired) electrons. The number of pyridine rings is 1. The first-order valence-electron chi connectivity index (χ1n) is 6.36. The molecule has 2 aromatic heterocycles. The van der Waals surface area contributed by atoms with Crippen molar-refractivity contribution in [2.24, 2.45) is 0 Å². The van der Waals surface area contributed by atoms with Crippen molar-refractivity contribution >= 4 is 22.6 Å². The molecule has 102 valence electrons. The van der Waals surface area contributed by atoms with Crippen molar-refractivity contribution in [2.75, 3.05) is 0 Å². The second kappa shape index (κ2) is 4.93. The molecule has 0 saturated carbocycles. The highest BCUT2D eigenvalue weighted by molar-refractivity contribution is 6.31. The van der Waals surface area contributed by atoms with Crippen LogP contribution >= 0.6 is 11.6 Å². The first-order valence-corrected chi connectivity index (χ1v) is 6.73. The number of aryl methyl sites for hydroxylation is 2. The van der Waals surface area contributed by atoms with Crippen molar-refractivity contribution in [3.8, 4) is 0 Å². The summed E-state index contributed by atoms with van der Waals surface area (Å²) in [5.41, 5.74) is 3.19. The quantitative estimate of drug-likeness (QED) is 0.769. The average Bonchev–Trinajstić information content (AvgIpc) is 2.81. The third-order valence-corrected chi connectivity index (χ3v) is 3.56. The van der Waals surface area contributed by atoms with Crippen LogP contribution < -0.4 is 0 Å². The molecular formula is C16H14ClNO2. The lowest BCUT2D eigenvalue weighted by molar-refractivity contribution is 0.191. The van der Waals surface area contributed by atoms with E-state index < -0.39 is 6.10 Å². The highest BCUT2D eigenvalue weighted by Gasteiger charge is 2.18. The summed E-state index contributed by atoms with van der Waals surface area (Å²) in [5, 5.41) is 12.0. The molecule has 2 heterocycles. The van der Waals surface area contributed by atoms with E-state index in [1.807, 2.05) is 38.1 Å². The van der Waals surface area contributed by atoms with Gasteiger partial charge in [0.2, 0.25) is 0 Å². The number of aromatic nitrogens is 1. The third-order valence-electron chi connectivity index (χ3n) is 3.33. The Morgan fingerprint density at radius 3 is 2.70 bits per heavy atom. The van der Waals surface area contributed by atoms with Gasteiger partial charge < -0.3 is 9.52 Å². The summed E-state index contributed by atoms with van der Waals surface area (Å²) < 4.78 is 5.69. The van der Waals surface area contributed by atoms with Crippen LogP contribution in [0.1, 0.15) is 28.8 Å².